The van der Waals surface area contributed by atoms with Crippen LogP contribution in [-0.4, -0.2) is 31.1 Å². The van der Waals surface area contributed by atoms with Crippen molar-refractivity contribution in [3.05, 3.63) is 23.7 Å². The summed E-state index contributed by atoms with van der Waals surface area (Å²) in [7, 11) is 2.21. The number of hydrogen-bond acceptors (Lipinski definition) is 3. The van der Waals surface area contributed by atoms with Gasteiger partial charge in [0.05, 0.1) is 12.8 Å². The largest absolute Gasteiger partial charge is 0.468 e. The minimum atomic E-state index is 0.845. The van der Waals surface area contributed by atoms with Crippen LogP contribution in [0.1, 0.15) is 24.2 Å². The molecule has 2 rings (SSSR count). The third-order valence-corrected chi connectivity index (χ3v) is 3.07. The molecule has 0 saturated heterocycles. The molecule has 1 aliphatic carbocycles. The SMILES string of the molecule is Cc1ccoc1CNCCN(C)C1CC1. The first-order valence-corrected chi connectivity index (χ1v) is 5.71. The van der Waals surface area contributed by atoms with Gasteiger partial charge in [-0.15, -0.1) is 0 Å². The topological polar surface area (TPSA) is 28.4 Å². The van der Waals surface area contributed by atoms with Gasteiger partial charge >= 0.3 is 0 Å². The van der Waals surface area contributed by atoms with Gasteiger partial charge in [-0.25, -0.2) is 0 Å². The first-order chi connectivity index (χ1) is 7.27. The average molecular weight is 208 g/mol. The third kappa shape index (κ3) is 3.08. The first-order valence-electron chi connectivity index (χ1n) is 5.71. The lowest BCUT2D eigenvalue weighted by Gasteiger charge is -2.15. The Hall–Kier alpha value is -0.800. The fraction of sp³-hybridized carbons (Fsp3) is 0.667. The first kappa shape index (κ1) is 10.7. The Morgan fingerprint density at radius 1 is 1.53 bits per heavy atom. The van der Waals surface area contributed by atoms with E-state index in [9.17, 15) is 0 Å². The van der Waals surface area contributed by atoms with E-state index in [4.69, 9.17) is 4.42 Å². The molecule has 0 amide bonds. The Bertz CT molecular complexity index is 304. The molecule has 0 aromatic carbocycles. The highest BCUT2D eigenvalue weighted by Crippen LogP contribution is 2.24. The van der Waals surface area contributed by atoms with E-state index in [0.29, 0.717) is 0 Å². The van der Waals surface area contributed by atoms with E-state index >= 15 is 0 Å². The van der Waals surface area contributed by atoms with Gasteiger partial charge in [0, 0.05) is 19.1 Å². The molecule has 3 heteroatoms. The number of nitrogens with one attached hydrogen (secondary N) is 1. The van der Waals surface area contributed by atoms with Crippen LogP contribution in [0.25, 0.3) is 0 Å². The molecule has 1 aromatic rings. The lowest BCUT2D eigenvalue weighted by Crippen LogP contribution is -2.30. The van der Waals surface area contributed by atoms with Gasteiger partial charge in [0.15, 0.2) is 0 Å². The number of aryl methyl sites for hydroxylation is 1. The Labute approximate surface area is 91.4 Å². The van der Waals surface area contributed by atoms with Crippen molar-refractivity contribution >= 4 is 0 Å². The summed E-state index contributed by atoms with van der Waals surface area (Å²) in [6.45, 7) is 5.09. The third-order valence-electron chi connectivity index (χ3n) is 3.07. The minimum Gasteiger partial charge on any atom is -0.468 e. The second-order valence-corrected chi connectivity index (χ2v) is 4.42. The van der Waals surface area contributed by atoms with Gasteiger partial charge in [-0.3, -0.25) is 0 Å². The highest BCUT2D eigenvalue weighted by atomic mass is 16.3. The van der Waals surface area contributed by atoms with Crippen LogP contribution in [0, 0.1) is 6.92 Å². The second kappa shape index (κ2) is 4.81. The van der Waals surface area contributed by atoms with Gasteiger partial charge in [0.2, 0.25) is 0 Å². The normalized spacial score (nSPS) is 16.2. The molecule has 0 unspecified atom stereocenters. The van der Waals surface area contributed by atoms with Gasteiger partial charge in [0.25, 0.3) is 0 Å². The van der Waals surface area contributed by atoms with Gasteiger partial charge in [-0.05, 0) is 38.4 Å². The van der Waals surface area contributed by atoms with Crippen molar-refractivity contribution in [1.82, 2.24) is 10.2 Å². The molecule has 1 fully saturated rings. The quantitative estimate of drug-likeness (QED) is 0.722. The molecule has 0 radical (unpaired) electrons. The fourth-order valence-electron chi connectivity index (χ4n) is 1.74. The number of hydrogen-bond donors (Lipinski definition) is 1. The van der Waals surface area contributed by atoms with Crippen molar-refractivity contribution in [1.29, 1.82) is 0 Å². The van der Waals surface area contributed by atoms with Crippen LogP contribution in [-0.2, 0) is 6.54 Å². The van der Waals surface area contributed by atoms with Crippen molar-refractivity contribution in [2.24, 2.45) is 0 Å². The van der Waals surface area contributed by atoms with Crippen LogP contribution in [0.5, 0.6) is 0 Å². The maximum absolute atomic E-state index is 5.36. The van der Waals surface area contributed by atoms with E-state index in [-0.39, 0.29) is 0 Å². The van der Waals surface area contributed by atoms with E-state index in [0.717, 1.165) is 31.4 Å². The smallest absolute Gasteiger partial charge is 0.120 e. The van der Waals surface area contributed by atoms with Gasteiger partial charge in [-0.1, -0.05) is 0 Å². The molecule has 1 aromatic heterocycles. The number of likely N-dealkylation sites (N-methyl/N-ethyl adjacent to an activating group) is 1. The Morgan fingerprint density at radius 2 is 2.33 bits per heavy atom. The number of rotatable bonds is 6. The zero-order valence-corrected chi connectivity index (χ0v) is 9.62. The Balaban J connectivity index is 1.60. The Kier molecular flexibility index (Phi) is 3.44. The zero-order chi connectivity index (χ0) is 10.7. The van der Waals surface area contributed by atoms with Crippen molar-refractivity contribution in [2.45, 2.75) is 32.4 Å². The molecule has 84 valence electrons. The van der Waals surface area contributed by atoms with Crippen LogP contribution in [0.3, 0.4) is 0 Å². The highest BCUT2D eigenvalue weighted by molar-refractivity contribution is 5.13. The van der Waals surface area contributed by atoms with Crippen LogP contribution < -0.4 is 5.32 Å². The molecule has 15 heavy (non-hydrogen) atoms. The maximum atomic E-state index is 5.36. The molecule has 0 bridgehead atoms. The summed E-state index contributed by atoms with van der Waals surface area (Å²) in [5.41, 5.74) is 1.23. The summed E-state index contributed by atoms with van der Waals surface area (Å²) in [6, 6.07) is 2.87. The summed E-state index contributed by atoms with van der Waals surface area (Å²) in [5.74, 6) is 1.06. The maximum Gasteiger partial charge on any atom is 0.120 e. The molecule has 1 N–H and O–H groups in total. The molecular formula is C12H20N2O. The highest BCUT2D eigenvalue weighted by Gasteiger charge is 2.25. The van der Waals surface area contributed by atoms with E-state index in [1.54, 1.807) is 6.26 Å². The average Bonchev–Trinajstić information content (AvgIpc) is 2.99. The summed E-state index contributed by atoms with van der Waals surface area (Å²) >= 11 is 0. The van der Waals surface area contributed by atoms with Crippen molar-refractivity contribution in [3.8, 4) is 0 Å². The van der Waals surface area contributed by atoms with Crippen molar-refractivity contribution in [3.63, 3.8) is 0 Å². The molecule has 1 aliphatic rings. The van der Waals surface area contributed by atoms with Crippen LogP contribution >= 0.6 is 0 Å². The van der Waals surface area contributed by atoms with E-state index < -0.39 is 0 Å². The van der Waals surface area contributed by atoms with Crippen molar-refractivity contribution in [2.75, 3.05) is 20.1 Å². The molecule has 1 heterocycles. The predicted molar refractivity (Wildman–Crippen MR) is 60.8 cm³/mol. The monoisotopic (exact) mass is 208 g/mol. The van der Waals surface area contributed by atoms with E-state index in [1.165, 1.54) is 18.4 Å². The fourth-order valence-corrected chi connectivity index (χ4v) is 1.74. The lowest BCUT2D eigenvalue weighted by atomic mass is 10.3. The van der Waals surface area contributed by atoms with Crippen LogP contribution in [0.4, 0.5) is 0 Å². The lowest BCUT2D eigenvalue weighted by molar-refractivity contribution is 0.319. The summed E-state index contributed by atoms with van der Waals surface area (Å²) < 4.78 is 5.36. The summed E-state index contributed by atoms with van der Waals surface area (Å²) in [6.07, 6.45) is 4.52. The molecule has 0 spiro atoms. The minimum absolute atomic E-state index is 0.845. The standard InChI is InChI=1S/C12H20N2O/c1-10-5-8-15-12(10)9-13-6-7-14(2)11-3-4-11/h5,8,11,13H,3-4,6-7,9H2,1-2H3. The molecule has 3 nitrogen and oxygen atoms in total. The van der Waals surface area contributed by atoms with Gasteiger partial charge in [-0.2, -0.15) is 0 Å². The Morgan fingerprint density at radius 3 is 2.93 bits per heavy atom. The molecule has 1 saturated carbocycles. The summed E-state index contributed by atoms with van der Waals surface area (Å²) in [4.78, 5) is 2.43. The number of furan rings is 1. The van der Waals surface area contributed by atoms with Gasteiger partial charge in [0.1, 0.15) is 5.76 Å². The number of nitrogens with zero attached hydrogens (tertiary/aromatic N) is 1. The molecular weight excluding hydrogens is 188 g/mol. The zero-order valence-electron chi connectivity index (χ0n) is 9.62. The van der Waals surface area contributed by atoms with Crippen LogP contribution in [0.2, 0.25) is 0 Å². The molecule has 0 aliphatic heterocycles. The second-order valence-electron chi connectivity index (χ2n) is 4.42. The van der Waals surface area contributed by atoms with E-state index in [2.05, 4.69) is 24.2 Å². The predicted octanol–water partition coefficient (Wildman–Crippen LogP) is 1.77. The van der Waals surface area contributed by atoms with Gasteiger partial charge < -0.3 is 14.6 Å². The van der Waals surface area contributed by atoms with E-state index in [1.807, 2.05) is 6.07 Å². The summed E-state index contributed by atoms with van der Waals surface area (Å²) in [5, 5.41) is 3.41. The van der Waals surface area contributed by atoms with Crippen molar-refractivity contribution < 1.29 is 4.42 Å². The van der Waals surface area contributed by atoms with Crippen LogP contribution in [0.15, 0.2) is 16.7 Å². The molecule has 0 atom stereocenters.